The molecule has 0 fully saturated rings. The summed E-state index contributed by atoms with van der Waals surface area (Å²) in [5.74, 6) is -0.835. The summed E-state index contributed by atoms with van der Waals surface area (Å²) in [5, 5.41) is 9.88. The van der Waals surface area contributed by atoms with Gasteiger partial charge in [0.2, 0.25) is 0 Å². The lowest BCUT2D eigenvalue weighted by Crippen LogP contribution is -2.08. The fraction of sp³-hybridized carbons (Fsp3) is 0.214. The molecule has 0 aliphatic rings. The zero-order valence-corrected chi connectivity index (χ0v) is 10.9. The van der Waals surface area contributed by atoms with Gasteiger partial charge in [-0.1, -0.05) is 6.07 Å². The van der Waals surface area contributed by atoms with Crippen molar-refractivity contribution in [2.45, 2.75) is 6.92 Å². The van der Waals surface area contributed by atoms with Gasteiger partial charge in [0.15, 0.2) is 0 Å². The van der Waals surface area contributed by atoms with Crippen LogP contribution in [0.1, 0.15) is 12.5 Å². The van der Waals surface area contributed by atoms with Gasteiger partial charge in [-0.25, -0.2) is 4.79 Å². The normalized spacial score (nSPS) is 12.7. The molecule has 0 bridgehead atoms. The fourth-order valence-corrected chi connectivity index (χ4v) is 1.26. The molecule has 1 heterocycles. The van der Waals surface area contributed by atoms with Crippen molar-refractivity contribution in [2.75, 3.05) is 13.7 Å². The maximum Gasteiger partial charge on any atom is 0.343 e. The van der Waals surface area contributed by atoms with Crippen LogP contribution in [0.3, 0.4) is 0 Å². The minimum atomic E-state index is -0.634. The highest BCUT2D eigenvalue weighted by Crippen LogP contribution is 2.07. The lowest BCUT2D eigenvalue weighted by molar-refractivity contribution is -0.135. The van der Waals surface area contributed by atoms with Crippen molar-refractivity contribution in [1.82, 2.24) is 4.98 Å². The number of aliphatic hydroxyl groups is 1. The van der Waals surface area contributed by atoms with E-state index in [1.165, 1.54) is 19.4 Å². The highest BCUT2D eigenvalue weighted by molar-refractivity contribution is 6.10. The predicted molar refractivity (Wildman–Crippen MR) is 74.0 cm³/mol. The van der Waals surface area contributed by atoms with E-state index in [-0.39, 0.29) is 11.3 Å². The molecule has 0 radical (unpaired) electrons. The SMILES string of the molecule is CCN=CC(C(=O)OC)=C(O)/C=C/c1cccnc1. The molecule has 0 saturated heterocycles. The lowest BCUT2D eigenvalue weighted by atomic mass is 10.2. The van der Waals surface area contributed by atoms with E-state index in [0.29, 0.717) is 6.54 Å². The highest BCUT2D eigenvalue weighted by atomic mass is 16.5. The standard InChI is InChI=1S/C14H16N2O3/c1-3-15-10-12(14(18)19-2)13(17)7-6-11-5-4-8-16-9-11/h4-10,17H,3H2,1-2H3/b7-6+,13-12?,15-10?. The zero-order chi connectivity index (χ0) is 14.1. The summed E-state index contributed by atoms with van der Waals surface area (Å²) in [6, 6.07) is 3.61. The molecule has 0 aliphatic heterocycles. The number of esters is 1. The second kappa shape index (κ2) is 7.81. The van der Waals surface area contributed by atoms with Gasteiger partial charge in [-0.2, -0.15) is 0 Å². The number of methoxy groups -OCH3 is 1. The number of carbonyl (C=O) groups excluding carboxylic acids is 1. The van der Waals surface area contributed by atoms with E-state index < -0.39 is 5.97 Å². The first-order valence-electron chi connectivity index (χ1n) is 5.78. The number of nitrogens with zero attached hydrogens (tertiary/aromatic N) is 2. The third kappa shape index (κ3) is 4.75. The van der Waals surface area contributed by atoms with Gasteiger partial charge in [-0.3, -0.25) is 9.98 Å². The molecule has 100 valence electrons. The molecule has 0 saturated carbocycles. The van der Waals surface area contributed by atoms with E-state index in [1.807, 2.05) is 13.0 Å². The molecular weight excluding hydrogens is 244 g/mol. The average Bonchev–Trinajstić information content (AvgIpc) is 2.46. The number of ether oxygens (including phenoxy) is 1. The molecule has 1 rings (SSSR count). The summed E-state index contributed by atoms with van der Waals surface area (Å²) in [6.07, 6.45) is 7.65. The van der Waals surface area contributed by atoms with E-state index in [1.54, 1.807) is 24.5 Å². The quantitative estimate of drug-likeness (QED) is 0.289. The first kappa shape index (κ1) is 14.6. The van der Waals surface area contributed by atoms with Crippen molar-refractivity contribution in [2.24, 2.45) is 4.99 Å². The Hall–Kier alpha value is -2.43. The molecule has 0 aromatic carbocycles. The van der Waals surface area contributed by atoms with E-state index in [2.05, 4.69) is 14.7 Å². The summed E-state index contributed by atoms with van der Waals surface area (Å²) < 4.78 is 4.59. The minimum absolute atomic E-state index is 0.0180. The number of rotatable bonds is 5. The average molecular weight is 260 g/mol. The van der Waals surface area contributed by atoms with Gasteiger partial charge in [0, 0.05) is 25.2 Å². The topological polar surface area (TPSA) is 71.8 Å². The molecule has 1 aromatic heterocycles. The Kier molecular flexibility index (Phi) is 6.02. The van der Waals surface area contributed by atoms with E-state index in [9.17, 15) is 9.90 Å². The number of aromatic nitrogens is 1. The zero-order valence-electron chi connectivity index (χ0n) is 10.9. The van der Waals surface area contributed by atoms with Crippen LogP contribution in [0.4, 0.5) is 0 Å². The maximum absolute atomic E-state index is 11.5. The van der Waals surface area contributed by atoms with Gasteiger partial charge in [-0.05, 0) is 30.7 Å². The highest BCUT2D eigenvalue weighted by Gasteiger charge is 2.11. The number of hydrogen-bond donors (Lipinski definition) is 1. The third-order valence-electron chi connectivity index (χ3n) is 2.20. The molecule has 1 aromatic rings. The van der Waals surface area contributed by atoms with Crippen LogP contribution in [0.25, 0.3) is 6.08 Å². The van der Waals surface area contributed by atoms with Crippen molar-refractivity contribution < 1.29 is 14.6 Å². The Bertz CT molecular complexity index is 505. The number of pyridine rings is 1. The minimum Gasteiger partial charge on any atom is -0.507 e. The van der Waals surface area contributed by atoms with Crippen molar-refractivity contribution in [1.29, 1.82) is 0 Å². The van der Waals surface area contributed by atoms with E-state index in [4.69, 9.17) is 0 Å². The number of carbonyl (C=O) groups is 1. The summed E-state index contributed by atoms with van der Waals surface area (Å²) in [5.41, 5.74) is 0.829. The number of aliphatic hydroxyl groups excluding tert-OH is 1. The molecule has 19 heavy (non-hydrogen) atoms. The Balaban J connectivity index is 2.99. The van der Waals surface area contributed by atoms with Gasteiger partial charge in [0.05, 0.1) is 7.11 Å². The van der Waals surface area contributed by atoms with Gasteiger partial charge < -0.3 is 9.84 Å². The Morgan fingerprint density at radius 2 is 2.37 bits per heavy atom. The second-order valence-corrected chi connectivity index (χ2v) is 3.54. The molecular formula is C14H16N2O3. The van der Waals surface area contributed by atoms with Gasteiger partial charge in [0.1, 0.15) is 11.3 Å². The van der Waals surface area contributed by atoms with Crippen molar-refractivity contribution in [3.05, 3.63) is 47.5 Å². The monoisotopic (exact) mass is 260 g/mol. The Morgan fingerprint density at radius 3 is 2.95 bits per heavy atom. The van der Waals surface area contributed by atoms with Crippen molar-refractivity contribution in [3.8, 4) is 0 Å². The lowest BCUT2D eigenvalue weighted by Gasteiger charge is -2.01. The number of aliphatic imine (C=N–C) groups is 1. The van der Waals surface area contributed by atoms with Crippen LogP contribution < -0.4 is 0 Å². The van der Waals surface area contributed by atoms with Crippen LogP contribution >= 0.6 is 0 Å². The predicted octanol–water partition coefficient (Wildman–Crippen LogP) is 2.17. The van der Waals surface area contributed by atoms with Crippen LogP contribution in [0, 0.1) is 0 Å². The van der Waals surface area contributed by atoms with Crippen molar-refractivity contribution in [3.63, 3.8) is 0 Å². The van der Waals surface area contributed by atoms with Crippen LogP contribution in [0.2, 0.25) is 0 Å². The molecule has 0 amide bonds. The summed E-state index contributed by atoms with van der Waals surface area (Å²) in [6.45, 7) is 2.34. The summed E-state index contributed by atoms with van der Waals surface area (Å²) in [4.78, 5) is 19.4. The molecule has 0 unspecified atom stereocenters. The first-order chi connectivity index (χ1) is 9.19. The van der Waals surface area contributed by atoms with Crippen LogP contribution in [0.15, 0.2) is 46.9 Å². The first-order valence-corrected chi connectivity index (χ1v) is 5.78. The van der Waals surface area contributed by atoms with E-state index >= 15 is 0 Å². The second-order valence-electron chi connectivity index (χ2n) is 3.54. The number of allylic oxidation sites excluding steroid dienone is 1. The smallest absolute Gasteiger partial charge is 0.343 e. The summed E-state index contributed by atoms with van der Waals surface area (Å²) >= 11 is 0. The van der Waals surface area contributed by atoms with Crippen LogP contribution in [0.5, 0.6) is 0 Å². The fourth-order valence-electron chi connectivity index (χ4n) is 1.26. The van der Waals surface area contributed by atoms with Crippen LogP contribution in [-0.4, -0.2) is 35.9 Å². The molecule has 0 atom stereocenters. The van der Waals surface area contributed by atoms with Gasteiger partial charge >= 0.3 is 5.97 Å². The molecule has 0 aliphatic carbocycles. The molecule has 1 N–H and O–H groups in total. The maximum atomic E-state index is 11.5. The van der Waals surface area contributed by atoms with Gasteiger partial charge in [-0.15, -0.1) is 0 Å². The Morgan fingerprint density at radius 1 is 1.58 bits per heavy atom. The Labute approximate surface area is 112 Å². The van der Waals surface area contributed by atoms with Crippen molar-refractivity contribution >= 4 is 18.3 Å². The van der Waals surface area contributed by atoms with Gasteiger partial charge in [0.25, 0.3) is 0 Å². The van der Waals surface area contributed by atoms with E-state index in [0.717, 1.165) is 5.56 Å². The summed E-state index contributed by atoms with van der Waals surface area (Å²) in [7, 11) is 1.25. The molecule has 5 nitrogen and oxygen atoms in total. The number of hydrogen-bond acceptors (Lipinski definition) is 5. The molecule has 5 heteroatoms. The van der Waals surface area contributed by atoms with Crippen LogP contribution in [-0.2, 0) is 9.53 Å². The third-order valence-corrected chi connectivity index (χ3v) is 2.20. The largest absolute Gasteiger partial charge is 0.507 e. The molecule has 0 spiro atoms.